The molecule has 37 heavy (non-hydrogen) atoms. The molecule has 0 aromatic heterocycles. The van der Waals surface area contributed by atoms with Gasteiger partial charge in [0.1, 0.15) is 6.61 Å². The van der Waals surface area contributed by atoms with Gasteiger partial charge in [-0.05, 0) is 41.7 Å². The van der Waals surface area contributed by atoms with E-state index >= 15 is 0 Å². The molecule has 0 heterocycles. The summed E-state index contributed by atoms with van der Waals surface area (Å²) < 4.78 is 5.62. The molecule has 4 aromatic rings. The minimum atomic E-state index is -0.453. The van der Waals surface area contributed by atoms with Gasteiger partial charge in [-0.3, -0.25) is 4.79 Å². The van der Waals surface area contributed by atoms with Crippen molar-refractivity contribution in [1.29, 1.82) is 0 Å². The maximum atomic E-state index is 13.6. The molecule has 0 saturated carbocycles. The fourth-order valence-electron chi connectivity index (χ4n) is 4.13. The normalized spacial score (nSPS) is 12.3. The van der Waals surface area contributed by atoms with Crippen molar-refractivity contribution in [2.75, 3.05) is 6.61 Å². The van der Waals surface area contributed by atoms with Gasteiger partial charge in [0.15, 0.2) is 0 Å². The highest BCUT2D eigenvalue weighted by Gasteiger charge is 2.23. The maximum Gasteiger partial charge on any atom is 0.338 e. The minimum Gasteiger partial charge on any atom is -0.460 e. The molecule has 2 atom stereocenters. The monoisotopic (exact) mass is 492 g/mol. The first kappa shape index (κ1) is 25.9. The Balaban J connectivity index is 1.46. The largest absolute Gasteiger partial charge is 0.460 e. The standard InChI is InChI=1S/C32H32N2O3/c35-31(30(22-26-15-7-2-8-16-26)33-23-27-17-9-3-10-18-27)34-29(21-25-13-5-1-6-14-25)24-37-32(36)28-19-11-4-12-20-28/h1-20,29-30,33H,21-24H2,(H,34,35). The van der Waals surface area contributed by atoms with E-state index < -0.39 is 12.0 Å². The number of rotatable bonds is 12. The van der Waals surface area contributed by atoms with E-state index in [1.807, 2.05) is 97.1 Å². The maximum absolute atomic E-state index is 13.6. The summed E-state index contributed by atoms with van der Waals surface area (Å²) in [4.78, 5) is 26.1. The number of hydrogen-bond donors (Lipinski definition) is 2. The summed E-state index contributed by atoms with van der Waals surface area (Å²) in [6.45, 7) is 0.642. The fourth-order valence-corrected chi connectivity index (χ4v) is 4.13. The number of amides is 1. The number of benzene rings is 4. The number of carbonyl (C=O) groups excluding carboxylic acids is 2. The van der Waals surface area contributed by atoms with E-state index in [2.05, 4.69) is 10.6 Å². The van der Waals surface area contributed by atoms with Crippen LogP contribution in [0.3, 0.4) is 0 Å². The molecule has 188 valence electrons. The third kappa shape index (κ3) is 8.44. The van der Waals surface area contributed by atoms with Gasteiger partial charge in [-0.15, -0.1) is 0 Å². The van der Waals surface area contributed by atoms with Gasteiger partial charge in [-0.25, -0.2) is 4.79 Å². The zero-order chi connectivity index (χ0) is 25.7. The van der Waals surface area contributed by atoms with Crippen molar-refractivity contribution >= 4 is 11.9 Å². The van der Waals surface area contributed by atoms with Gasteiger partial charge in [0.05, 0.1) is 17.6 Å². The molecule has 5 heteroatoms. The van der Waals surface area contributed by atoms with Gasteiger partial charge in [-0.1, -0.05) is 109 Å². The molecule has 0 aliphatic rings. The van der Waals surface area contributed by atoms with Crippen LogP contribution in [0.1, 0.15) is 27.0 Å². The molecular weight excluding hydrogens is 460 g/mol. The lowest BCUT2D eigenvalue weighted by atomic mass is 10.0. The Morgan fingerprint density at radius 2 is 1.11 bits per heavy atom. The number of esters is 1. The van der Waals surface area contributed by atoms with Gasteiger partial charge < -0.3 is 15.4 Å². The van der Waals surface area contributed by atoms with Crippen molar-refractivity contribution in [1.82, 2.24) is 10.6 Å². The van der Waals surface area contributed by atoms with Crippen LogP contribution in [-0.4, -0.2) is 30.6 Å². The smallest absolute Gasteiger partial charge is 0.338 e. The first-order valence-corrected chi connectivity index (χ1v) is 12.5. The molecule has 0 radical (unpaired) electrons. The van der Waals surface area contributed by atoms with Crippen LogP contribution in [0.25, 0.3) is 0 Å². The minimum absolute atomic E-state index is 0.0745. The van der Waals surface area contributed by atoms with Crippen LogP contribution < -0.4 is 10.6 Å². The highest BCUT2D eigenvalue weighted by molar-refractivity contribution is 5.89. The number of nitrogens with one attached hydrogen (secondary N) is 2. The number of hydrogen-bond acceptors (Lipinski definition) is 4. The molecular formula is C32H32N2O3. The lowest BCUT2D eigenvalue weighted by molar-refractivity contribution is -0.124. The van der Waals surface area contributed by atoms with Gasteiger partial charge >= 0.3 is 5.97 Å². The summed E-state index contributed by atoms with van der Waals surface area (Å²) in [5.74, 6) is -0.535. The summed E-state index contributed by atoms with van der Waals surface area (Å²) in [6.07, 6.45) is 1.09. The Morgan fingerprint density at radius 1 is 0.622 bits per heavy atom. The molecule has 0 aliphatic heterocycles. The molecule has 2 N–H and O–H groups in total. The summed E-state index contributed by atoms with van der Waals surface area (Å²) in [7, 11) is 0. The van der Waals surface area contributed by atoms with Crippen molar-refractivity contribution in [2.45, 2.75) is 31.5 Å². The molecule has 0 aliphatic carbocycles. The summed E-state index contributed by atoms with van der Waals surface area (Å²) in [5, 5.41) is 6.57. The van der Waals surface area contributed by atoms with Crippen LogP contribution in [0.15, 0.2) is 121 Å². The quantitative estimate of drug-likeness (QED) is 0.274. The zero-order valence-corrected chi connectivity index (χ0v) is 20.8. The molecule has 4 aromatic carbocycles. The van der Waals surface area contributed by atoms with Gasteiger partial charge in [-0.2, -0.15) is 0 Å². The Hall–Kier alpha value is -4.22. The van der Waals surface area contributed by atoms with Gasteiger partial charge in [0, 0.05) is 6.54 Å². The predicted octanol–water partition coefficient (Wildman–Crippen LogP) is 4.97. The predicted molar refractivity (Wildman–Crippen MR) is 146 cm³/mol. The Bertz CT molecular complexity index is 1230. The second-order valence-electron chi connectivity index (χ2n) is 8.97. The Labute approximate surface area is 218 Å². The molecule has 1 amide bonds. The molecule has 0 saturated heterocycles. The highest BCUT2D eigenvalue weighted by Crippen LogP contribution is 2.09. The van der Waals surface area contributed by atoms with Crippen molar-refractivity contribution in [3.8, 4) is 0 Å². The lowest BCUT2D eigenvalue weighted by Crippen LogP contribution is -2.50. The first-order chi connectivity index (χ1) is 18.2. The van der Waals surface area contributed by atoms with Gasteiger partial charge in [0.25, 0.3) is 0 Å². The summed E-state index contributed by atoms with van der Waals surface area (Å²) >= 11 is 0. The van der Waals surface area contributed by atoms with E-state index in [1.54, 1.807) is 24.3 Å². The third-order valence-electron chi connectivity index (χ3n) is 6.09. The van der Waals surface area contributed by atoms with Crippen molar-refractivity contribution in [3.05, 3.63) is 144 Å². The zero-order valence-electron chi connectivity index (χ0n) is 20.8. The summed E-state index contributed by atoms with van der Waals surface area (Å²) in [6, 6.07) is 37.9. The average Bonchev–Trinajstić information content (AvgIpc) is 2.96. The molecule has 0 fully saturated rings. The van der Waals surface area contributed by atoms with Crippen LogP contribution >= 0.6 is 0 Å². The molecule has 5 nitrogen and oxygen atoms in total. The van der Waals surface area contributed by atoms with Crippen molar-refractivity contribution < 1.29 is 14.3 Å². The van der Waals surface area contributed by atoms with Crippen LogP contribution in [-0.2, 0) is 28.9 Å². The van der Waals surface area contributed by atoms with E-state index in [1.165, 1.54) is 0 Å². The van der Waals surface area contributed by atoms with E-state index in [0.717, 1.165) is 16.7 Å². The van der Waals surface area contributed by atoms with E-state index in [-0.39, 0.29) is 18.6 Å². The average molecular weight is 493 g/mol. The molecule has 0 bridgehead atoms. The number of ether oxygens (including phenoxy) is 1. The first-order valence-electron chi connectivity index (χ1n) is 12.5. The fraction of sp³-hybridized carbons (Fsp3) is 0.188. The second-order valence-corrected chi connectivity index (χ2v) is 8.97. The lowest BCUT2D eigenvalue weighted by Gasteiger charge is -2.24. The van der Waals surface area contributed by atoms with Crippen LogP contribution in [0, 0.1) is 0 Å². The Kier molecular flexibility index (Phi) is 9.62. The molecule has 0 spiro atoms. The van der Waals surface area contributed by atoms with Gasteiger partial charge in [0.2, 0.25) is 5.91 Å². The SMILES string of the molecule is O=C(OCC(Cc1ccccc1)NC(=O)C(Cc1ccccc1)NCc1ccccc1)c1ccccc1. The van der Waals surface area contributed by atoms with E-state index in [9.17, 15) is 9.59 Å². The Morgan fingerprint density at radius 3 is 1.68 bits per heavy atom. The third-order valence-corrected chi connectivity index (χ3v) is 6.09. The molecule has 4 rings (SSSR count). The van der Waals surface area contributed by atoms with Crippen molar-refractivity contribution in [3.63, 3.8) is 0 Å². The number of carbonyl (C=O) groups is 2. The topological polar surface area (TPSA) is 67.4 Å². The van der Waals surface area contributed by atoms with E-state index in [0.29, 0.717) is 24.9 Å². The summed E-state index contributed by atoms with van der Waals surface area (Å²) in [5.41, 5.74) is 3.71. The molecule has 2 unspecified atom stereocenters. The van der Waals surface area contributed by atoms with Crippen molar-refractivity contribution in [2.24, 2.45) is 0 Å². The second kappa shape index (κ2) is 13.8. The highest BCUT2D eigenvalue weighted by atomic mass is 16.5. The van der Waals surface area contributed by atoms with Crippen LogP contribution in [0.2, 0.25) is 0 Å². The van der Waals surface area contributed by atoms with Crippen LogP contribution in [0.5, 0.6) is 0 Å². The van der Waals surface area contributed by atoms with E-state index in [4.69, 9.17) is 4.74 Å². The van der Waals surface area contributed by atoms with Crippen LogP contribution in [0.4, 0.5) is 0 Å².